The van der Waals surface area contributed by atoms with Gasteiger partial charge in [-0.05, 0) is 24.6 Å². The number of nitrogens with zero attached hydrogens (tertiary/aromatic N) is 3. The van der Waals surface area contributed by atoms with E-state index < -0.39 is 0 Å². The maximum absolute atomic E-state index is 5.80. The van der Waals surface area contributed by atoms with Crippen molar-refractivity contribution in [2.45, 2.75) is 6.92 Å². The molecule has 14 heavy (non-hydrogen) atoms. The number of hydrogen-bond acceptors (Lipinski definition) is 3. The minimum Gasteiger partial charge on any atom is -0.383 e. The van der Waals surface area contributed by atoms with Crippen LogP contribution in [0.15, 0.2) is 24.5 Å². The molecule has 4 heteroatoms. The lowest BCUT2D eigenvalue weighted by atomic mass is 10.1. The molecule has 2 N–H and O–H groups in total. The Morgan fingerprint density at radius 3 is 2.71 bits per heavy atom. The van der Waals surface area contributed by atoms with Crippen LogP contribution in [0.3, 0.4) is 0 Å². The van der Waals surface area contributed by atoms with Crippen LogP contribution < -0.4 is 5.73 Å². The van der Waals surface area contributed by atoms with Crippen LogP contribution >= 0.6 is 0 Å². The van der Waals surface area contributed by atoms with E-state index in [1.54, 1.807) is 10.9 Å². The monoisotopic (exact) mass is 188 g/mol. The molecule has 4 nitrogen and oxygen atoms in total. The molecule has 2 rings (SSSR count). The van der Waals surface area contributed by atoms with Crippen molar-refractivity contribution in [3.8, 4) is 11.3 Å². The topological polar surface area (TPSA) is 56.7 Å². The van der Waals surface area contributed by atoms with Gasteiger partial charge in [-0.25, -0.2) is 4.98 Å². The lowest BCUT2D eigenvalue weighted by molar-refractivity contribution is 0.770. The fourth-order valence-electron chi connectivity index (χ4n) is 1.46. The van der Waals surface area contributed by atoms with Gasteiger partial charge in [-0.1, -0.05) is 0 Å². The first-order chi connectivity index (χ1) is 6.68. The van der Waals surface area contributed by atoms with E-state index in [1.807, 2.05) is 32.3 Å². The number of anilines is 1. The van der Waals surface area contributed by atoms with Gasteiger partial charge in [0.15, 0.2) is 0 Å². The predicted octanol–water partition coefficient (Wildman–Crippen LogP) is 1.37. The highest BCUT2D eigenvalue weighted by Crippen LogP contribution is 2.25. The molecule has 2 heterocycles. The van der Waals surface area contributed by atoms with Crippen LogP contribution in [-0.2, 0) is 7.05 Å². The number of aromatic nitrogens is 3. The summed E-state index contributed by atoms with van der Waals surface area (Å²) in [5, 5.41) is 4.30. The van der Waals surface area contributed by atoms with Crippen molar-refractivity contribution in [2.75, 3.05) is 5.73 Å². The van der Waals surface area contributed by atoms with E-state index in [-0.39, 0.29) is 0 Å². The minimum absolute atomic E-state index is 0.531. The second-order valence-corrected chi connectivity index (χ2v) is 3.26. The summed E-state index contributed by atoms with van der Waals surface area (Å²) in [5.41, 5.74) is 8.69. The number of pyridine rings is 1. The van der Waals surface area contributed by atoms with Gasteiger partial charge in [0.05, 0.1) is 5.69 Å². The fraction of sp³-hybridized carbons (Fsp3) is 0.200. The van der Waals surface area contributed by atoms with Crippen molar-refractivity contribution < 1.29 is 0 Å². The largest absolute Gasteiger partial charge is 0.383 e. The van der Waals surface area contributed by atoms with Gasteiger partial charge in [-0.2, -0.15) is 5.10 Å². The Balaban J connectivity index is 2.61. The average molecular weight is 188 g/mol. The van der Waals surface area contributed by atoms with E-state index in [1.165, 1.54) is 0 Å². The van der Waals surface area contributed by atoms with Gasteiger partial charge in [-0.15, -0.1) is 0 Å². The molecule has 0 radical (unpaired) electrons. The van der Waals surface area contributed by atoms with Crippen LogP contribution in [0, 0.1) is 6.92 Å². The Bertz CT molecular complexity index is 439. The summed E-state index contributed by atoms with van der Waals surface area (Å²) in [7, 11) is 1.88. The number of rotatable bonds is 1. The van der Waals surface area contributed by atoms with Gasteiger partial charge in [-0.3, -0.25) is 4.68 Å². The molecule has 0 aliphatic heterocycles. The highest BCUT2D eigenvalue weighted by molar-refractivity contribution is 5.73. The summed E-state index contributed by atoms with van der Waals surface area (Å²) in [6.07, 6.45) is 3.60. The number of hydrogen-bond donors (Lipinski definition) is 1. The molecule has 0 saturated heterocycles. The van der Waals surface area contributed by atoms with Gasteiger partial charge in [0, 0.05) is 25.0 Å². The maximum atomic E-state index is 5.80. The molecule has 2 aromatic rings. The maximum Gasteiger partial charge on any atom is 0.133 e. The van der Waals surface area contributed by atoms with Crippen molar-refractivity contribution in [3.05, 3.63) is 30.1 Å². The molecule has 0 amide bonds. The Labute approximate surface area is 82.4 Å². The molecule has 72 valence electrons. The van der Waals surface area contributed by atoms with Crippen molar-refractivity contribution >= 4 is 5.82 Å². The van der Waals surface area contributed by atoms with Gasteiger partial charge < -0.3 is 5.73 Å². The lowest BCUT2D eigenvalue weighted by Gasteiger charge is -2.04. The highest BCUT2D eigenvalue weighted by atomic mass is 15.2. The Morgan fingerprint density at radius 1 is 1.36 bits per heavy atom. The van der Waals surface area contributed by atoms with Crippen LogP contribution in [0.25, 0.3) is 11.3 Å². The van der Waals surface area contributed by atoms with E-state index in [4.69, 9.17) is 5.73 Å². The molecule has 0 aliphatic carbocycles. The molecule has 0 fully saturated rings. The smallest absolute Gasteiger partial charge is 0.133 e. The first-order valence-corrected chi connectivity index (χ1v) is 4.39. The zero-order valence-corrected chi connectivity index (χ0v) is 8.23. The number of aryl methyl sites for hydroxylation is 2. The van der Waals surface area contributed by atoms with Crippen LogP contribution in [0.4, 0.5) is 5.82 Å². The molecular weight excluding hydrogens is 176 g/mol. The molecule has 0 spiro atoms. The number of nitrogens with two attached hydrogens (primary N) is 1. The molecule has 0 aromatic carbocycles. The van der Waals surface area contributed by atoms with Crippen LogP contribution in [-0.4, -0.2) is 14.8 Å². The van der Waals surface area contributed by atoms with Crippen molar-refractivity contribution in [1.82, 2.24) is 14.8 Å². The first kappa shape index (κ1) is 8.74. The zero-order chi connectivity index (χ0) is 10.1. The molecular formula is C10H12N4. The van der Waals surface area contributed by atoms with E-state index in [0.29, 0.717) is 5.82 Å². The quantitative estimate of drug-likeness (QED) is 0.735. The SMILES string of the molecule is Cc1ccnc(N)c1-c1ccn(C)n1. The standard InChI is InChI=1S/C10H12N4/c1-7-3-5-12-10(11)9(7)8-4-6-14(2)13-8/h3-6H,1-2H3,(H2,11,12). The lowest BCUT2D eigenvalue weighted by Crippen LogP contribution is -1.97. The van der Waals surface area contributed by atoms with E-state index in [2.05, 4.69) is 10.1 Å². The van der Waals surface area contributed by atoms with Gasteiger partial charge in [0.1, 0.15) is 5.82 Å². The van der Waals surface area contributed by atoms with E-state index >= 15 is 0 Å². The third-order valence-corrected chi connectivity index (χ3v) is 2.16. The second-order valence-electron chi connectivity index (χ2n) is 3.26. The Kier molecular flexibility index (Phi) is 1.96. The average Bonchev–Trinajstić information content (AvgIpc) is 2.51. The van der Waals surface area contributed by atoms with Gasteiger partial charge in [0.2, 0.25) is 0 Å². The minimum atomic E-state index is 0.531. The molecule has 0 bridgehead atoms. The van der Waals surface area contributed by atoms with Crippen molar-refractivity contribution in [2.24, 2.45) is 7.05 Å². The normalized spacial score (nSPS) is 10.4. The first-order valence-electron chi connectivity index (χ1n) is 4.39. The predicted molar refractivity (Wildman–Crippen MR) is 55.6 cm³/mol. The van der Waals surface area contributed by atoms with Crippen LogP contribution in [0.2, 0.25) is 0 Å². The fourth-order valence-corrected chi connectivity index (χ4v) is 1.46. The van der Waals surface area contributed by atoms with E-state index in [0.717, 1.165) is 16.8 Å². The molecule has 2 aromatic heterocycles. The Hall–Kier alpha value is -1.84. The summed E-state index contributed by atoms with van der Waals surface area (Å²) in [6, 6.07) is 3.86. The summed E-state index contributed by atoms with van der Waals surface area (Å²) in [6.45, 7) is 2.00. The van der Waals surface area contributed by atoms with Crippen LogP contribution in [0.1, 0.15) is 5.56 Å². The zero-order valence-electron chi connectivity index (χ0n) is 8.23. The molecule has 0 aliphatic rings. The second kappa shape index (κ2) is 3.14. The highest BCUT2D eigenvalue weighted by Gasteiger charge is 2.08. The third-order valence-electron chi connectivity index (χ3n) is 2.16. The van der Waals surface area contributed by atoms with Gasteiger partial charge >= 0.3 is 0 Å². The summed E-state index contributed by atoms with van der Waals surface area (Å²) in [5.74, 6) is 0.531. The van der Waals surface area contributed by atoms with Crippen molar-refractivity contribution in [1.29, 1.82) is 0 Å². The van der Waals surface area contributed by atoms with Gasteiger partial charge in [0.25, 0.3) is 0 Å². The van der Waals surface area contributed by atoms with Crippen molar-refractivity contribution in [3.63, 3.8) is 0 Å². The molecule has 0 saturated carbocycles. The number of nitrogen functional groups attached to an aromatic ring is 1. The summed E-state index contributed by atoms with van der Waals surface area (Å²) in [4.78, 5) is 4.05. The molecule has 0 atom stereocenters. The van der Waals surface area contributed by atoms with E-state index in [9.17, 15) is 0 Å². The molecule has 0 unspecified atom stereocenters. The summed E-state index contributed by atoms with van der Waals surface area (Å²) >= 11 is 0. The van der Waals surface area contributed by atoms with Crippen LogP contribution in [0.5, 0.6) is 0 Å². The summed E-state index contributed by atoms with van der Waals surface area (Å²) < 4.78 is 1.75. The third kappa shape index (κ3) is 1.35. The Morgan fingerprint density at radius 2 is 2.14 bits per heavy atom.